The molecule has 0 radical (unpaired) electrons. The summed E-state index contributed by atoms with van der Waals surface area (Å²) in [6.07, 6.45) is 1.51. The third-order valence-corrected chi connectivity index (χ3v) is 2.84. The van der Waals surface area contributed by atoms with Gasteiger partial charge in [-0.25, -0.2) is 4.79 Å². The molecule has 106 valence electrons. The van der Waals surface area contributed by atoms with Gasteiger partial charge in [-0.3, -0.25) is 4.79 Å². The van der Waals surface area contributed by atoms with Crippen molar-refractivity contribution in [2.24, 2.45) is 5.73 Å². The van der Waals surface area contributed by atoms with Crippen LogP contribution in [-0.2, 0) is 14.3 Å². The van der Waals surface area contributed by atoms with Crippen molar-refractivity contribution in [2.75, 3.05) is 6.61 Å². The molecule has 0 bridgehead atoms. The van der Waals surface area contributed by atoms with E-state index in [2.05, 4.69) is 9.72 Å². The number of carbonyl (C=O) groups excluding carboxylic acids is 1. The standard InChI is InChI=1S/C13H14N2O5/c14-10(4-13(19)20-6-12(17)18)9-5-15-11-2-1-7(16)3-8(9)11/h1-3,5,10,15-16H,4,6,14H2,(H,17,18). The molecule has 20 heavy (non-hydrogen) atoms. The second-order valence-electron chi connectivity index (χ2n) is 4.34. The first-order valence-corrected chi connectivity index (χ1v) is 5.90. The Morgan fingerprint density at radius 2 is 2.15 bits per heavy atom. The van der Waals surface area contributed by atoms with Gasteiger partial charge in [0.15, 0.2) is 6.61 Å². The van der Waals surface area contributed by atoms with Crippen molar-refractivity contribution in [2.45, 2.75) is 12.5 Å². The lowest BCUT2D eigenvalue weighted by Crippen LogP contribution is -2.19. The molecule has 0 fully saturated rings. The molecule has 5 N–H and O–H groups in total. The van der Waals surface area contributed by atoms with E-state index >= 15 is 0 Å². The zero-order valence-corrected chi connectivity index (χ0v) is 10.5. The molecule has 7 heteroatoms. The molecule has 1 heterocycles. The number of carbonyl (C=O) groups is 2. The van der Waals surface area contributed by atoms with E-state index in [0.29, 0.717) is 10.9 Å². The Kier molecular flexibility index (Phi) is 3.90. The van der Waals surface area contributed by atoms with E-state index in [1.807, 2.05) is 0 Å². The molecule has 0 saturated carbocycles. The SMILES string of the molecule is NC(CC(=O)OCC(=O)O)c1c[nH]c2ccc(O)cc12. The van der Waals surface area contributed by atoms with Gasteiger partial charge in [0.05, 0.1) is 6.42 Å². The van der Waals surface area contributed by atoms with Crippen LogP contribution in [0.5, 0.6) is 5.75 Å². The van der Waals surface area contributed by atoms with E-state index in [4.69, 9.17) is 10.8 Å². The Morgan fingerprint density at radius 1 is 1.40 bits per heavy atom. The topological polar surface area (TPSA) is 126 Å². The number of benzene rings is 1. The number of aromatic amines is 1. The second-order valence-corrected chi connectivity index (χ2v) is 4.34. The Balaban J connectivity index is 2.11. The number of hydrogen-bond acceptors (Lipinski definition) is 5. The van der Waals surface area contributed by atoms with Crippen LogP contribution in [0.1, 0.15) is 18.0 Å². The third kappa shape index (κ3) is 3.07. The molecule has 0 spiro atoms. The number of aliphatic carboxylic acids is 1. The molecule has 1 aromatic heterocycles. The number of phenolic OH excluding ortho intramolecular Hbond substituents is 1. The summed E-state index contributed by atoms with van der Waals surface area (Å²) in [5.41, 5.74) is 7.35. The Hall–Kier alpha value is -2.54. The number of fused-ring (bicyclic) bond motifs is 1. The average molecular weight is 278 g/mol. The van der Waals surface area contributed by atoms with E-state index in [9.17, 15) is 14.7 Å². The predicted octanol–water partition coefficient (Wildman–Crippen LogP) is 0.891. The van der Waals surface area contributed by atoms with E-state index in [0.717, 1.165) is 5.52 Å². The lowest BCUT2D eigenvalue weighted by Gasteiger charge is -2.10. The van der Waals surface area contributed by atoms with Crippen LogP contribution >= 0.6 is 0 Å². The molecule has 0 saturated heterocycles. The Labute approximate surface area is 114 Å². The van der Waals surface area contributed by atoms with Gasteiger partial charge < -0.3 is 25.7 Å². The van der Waals surface area contributed by atoms with Crippen LogP contribution in [0.25, 0.3) is 10.9 Å². The highest BCUT2D eigenvalue weighted by molar-refractivity contribution is 5.85. The smallest absolute Gasteiger partial charge is 0.341 e. The van der Waals surface area contributed by atoms with Crippen molar-refractivity contribution < 1.29 is 24.5 Å². The highest BCUT2D eigenvalue weighted by Gasteiger charge is 2.17. The number of aromatic hydroxyl groups is 1. The first-order chi connectivity index (χ1) is 9.47. The minimum atomic E-state index is -1.22. The fraction of sp³-hybridized carbons (Fsp3) is 0.231. The number of carboxylic acids is 1. The number of carboxylic acid groups (broad SMARTS) is 1. The lowest BCUT2D eigenvalue weighted by molar-refractivity contribution is -0.155. The van der Waals surface area contributed by atoms with Crippen molar-refractivity contribution in [3.8, 4) is 5.75 Å². The number of nitrogens with two attached hydrogens (primary N) is 1. The minimum absolute atomic E-state index is 0.0963. The number of ether oxygens (including phenoxy) is 1. The van der Waals surface area contributed by atoms with Gasteiger partial charge in [-0.2, -0.15) is 0 Å². The van der Waals surface area contributed by atoms with Crippen molar-refractivity contribution in [1.29, 1.82) is 0 Å². The fourth-order valence-electron chi connectivity index (χ4n) is 1.93. The van der Waals surface area contributed by atoms with Crippen LogP contribution in [0.4, 0.5) is 0 Å². The summed E-state index contributed by atoms with van der Waals surface area (Å²) < 4.78 is 4.53. The minimum Gasteiger partial charge on any atom is -0.508 e. The summed E-state index contributed by atoms with van der Waals surface area (Å²) in [5, 5.41) is 18.6. The average Bonchev–Trinajstić information content (AvgIpc) is 2.79. The van der Waals surface area contributed by atoms with Gasteiger partial charge in [-0.15, -0.1) is 0 Å². The van der Waals surface area contributed by atoms with Gasteiger partial charge in [0, 0.05) is 23.1 Å². The van der Waals surface area contributed by atoms with Gasteiger partial charge in [-0.1, -0.05) is 0 Å². The van der Waals surface area contributed by atoms with Crippen molar-refractivity contribution in [3.05, 3.63) is 30.0 Å². The van der Waals surface area contributed by atoms with Crippen LogP contribution < -0.4 is 5.73 Å². The summed E-state index contributed by atoms with van der Waals surface area (Å²) >= 11 is 0. The van der Waals surface area contributed by atoms with Crippen molar-refractivity contribution >= 4 is 22.8 Å². The number of H-pyrrole nitrogens is 1. The molecular formula is C13H14N2O5. The molecule has 1 atom stereocenters. The van der Waals surface area contributed by atoms with Crippen molar-refractivity contribution in [3.63, 3.8) is 0 Å². The molecule has 0 aliphatic carbocycles. The second kappa shape index (κ2) is 5.62. The number of phenols is 1. The maximum Gasteiger partial charge on any atom is 0.341 e. The van der Waals surface area contributed by atoms with Gasteiger partial charge in [0.1, 0.15) is 5.75 Å². The molecule has 7 nitrogen and oxygen atoms in total. The maximum absolute atomic E-state index is 11.4. The van der Waals surface area contributed by atoms with Crippen LogP contribution in [0.3, 0.4) is 0 Å². The van der Waals surface area contributed by atoms with Gasteiger partial charge >= 0.3 is 11.9 Å². The van der Waals surface area contributed by atoms with E-state index < -0.39 is 24.6 Å². The van der Waals surface area contributed by atoms with Gasteiger partial charge in [0.25, 0.3) is 0 Å². The molecule has 2 rings (SSSR count). The molecule has 1 aromatic carbocycles. The number of hydrogen-bond donors (Lipinski definition) is 4. The van der Waals surface area contributed by atoms with E-state index in [1.54, 1.807) is 18.3 Å². The summed E-state index contributed by atoms with van der Waals surface area (Å²) in [6.45, 7) is -0.680. The Bertz CT molecular complexity index is 649. The normalized spacial score (nSPS) is 12.2. The third-order valence-electron chi connectivity index (χ3n) is 2.84. The zero-order chi connectivity index (χ0) is 14.7. The van der Waals surface area contributed by atoms with Crippen LogP contribution in [-0.4, -0.2) is 33.7 Å². The zero-order valence-electron chi connectivity index (χ0n) is 10.5. The summed E-state index contributed by atoms with van der Waals surface area (Å²) in [6, 6.07) is 4.13. The van der Waals surface area contributed by atoms with Gasteiger partial charge in [-0.05, 0) is 23.8 Å². The first-order valence-electron chi connectivity index (χ1n) is 5.90. The fourth-order valence-corrected chi connectivity index (χ4v) is 1.93. The number of rotatable bonds is 5. The monoisotopic (exact) mass is 278 g/mol. The van der Waals surface area contributed by atoms with Crippen LogP contribution in [0, 0.1) is 0 Å². The molecule has 0 aliphatic rings. The van der Waals surface area contributed by atoms with Crippen LogP contribution in [0.2, 0.25) is 0 Å². The molecule has 0 aliphatic heterocycles. The Morgan fingerprint density at radius 3 is 2.85 bits per heavy atom. The highest BCUT2D eigenvalue weighted by atomic mass is 16.5. The maximum atomic E-state index is 11.4. The van der Waals surface area contributed by atoms with Crippen LogP contribution in [0.15, 0.2) is 24.4 Å². The number of nitrogens with one attached hydrogen (secondary N) is 1. The largest absolute Gasteiger partial charge is 0.508 e. The summed E-state index contributed by atoms with van der Waals surface area (Å²) in [7, 11) is 0. The van der Waals surface area contributed by atoms with Crippen molar-refractivity contribution in [1.82, 2.24) is 4.98 Å². The summed E-state index contributed by atoms with van der Waals surface area (Å²) in [5.74, 6) is -1.81. The molecular weight excluding hydrogens is 264 g/mol. The molecule has 0 amide bonds. The lowest BCUT2D eigenvalue weighted by atomic mass is 10.0. The predicted molar refractivity (Wildman–Crippen MR) is 70.1 cm³/mol. The quantitative estimate of drug-likeness (QED) is 0.602. The number of esters is 1. The van der Waals surface area contributed by atoms with E-state index in [1.165, 1.54) is 6.07 Å². The highest BCUT2D eigenvalue weighted by Crippen LogP contribution is 2.27. The number of aromatic nitrogens is 1. The first kappa shape index (κ1) is 13.9. The van der Waals surface area contributed by atoms with E-state index in [-0.39, 0.29) is 12.2 Å². The van der Waals surface area contributed by atoms with Gasteiger partial charge in [0.2, 0.25) is 0 Å². The molecule has 1 unspecified atom stereocenters. The molecule has 2 aromatic rings. The summed E-state index contributed by atoms with van der Waals surface area (Å²) in [4.78, 5) is 24.7.